The molecule has 1 N–H and O–H groups in total. The molecule has 2 aromatic heterocycles. The van der Waals surface area contributed by atoms with E-state index in [1.54, 1.807) is 29.4 Å². The second kappa shape index (κ2) is 13.6. The van der Waals surface area contributed by atoms with Crippen LogP contribution in [0.15, 0.2) is 42.7 Å². The van der Waals surface area contributed by atoms with Crippen LogP contribution in [0.5, 0.6) is 0 Å². The highest BCUT2D eigenvalue weighted by Crippen LogP contribution is 2.38. The van der Waals surface area contributed by atoms with E-state index < -0.39 is 42.7 Å². The predicted molar refractivity (Wildman–Crippen MR) is 168 cm³/mol. The van der Waals surface area contributed by atoms with E-state index in [4.69, 9.17) is 4.74 Å². The van der Waals surface area contributed by atoms with Crippen LogP contribution in [0.2, 0.25) is 0 Å². The van der Waals surface area contributed by atoms with Crippen molar-refractivity contribution in [2.45, 2.75) is 82.7 Å². The van der Waals surface area contributed by atoms with Gasteiger partial charge in [0, 0.05) is 92.6 Å². The number of anilines is 1. The molecule has 3 aromatic rings. The Kier molecular flexibility index (Phi) is 9.53. The lowest BCUT2D eigenvalue weighted by Crippen LogP contribution is -2.56. The minimum Gasteiger partial charge on any atom is -0.376 e. The molecule has 2 saturated carbocycles. The first-order valence-electron chi connectivity index (χ1n) is 16.4. The van der Waals surface area contributed by atoms with Gasteiger partial charge in [-0.25, -0.2) is 22.4 Å². The molecule has 14 heteroatoms. The lowest BCUT2D eigenvalue weighted by molar-refractivity contribution is -0.146. The lowest BCUT2D eigenvalue weighted by atomic mass is 9.85. The van der Waals surface area contributed by atoms with Gasteiger partial charge in [0.25, 0.3) is 0 Å². The molecule has 1 saturated heterocycles. The highest BCUT2D eigenvalue weighted by atomic mass is 19.3. The fourth-order valence-electron chi connectivity index (χ4n) is 6.87. The summed E-state index contributed by atoms with van der Waals surface area (Å²) in [6.07, 6.45) is 1.59. The van der Waals surface area contributed by atoms with Gasteiger partial charge >= 0.3 is 12.1 Å². The van der Waals surface area contributed by atoms with E-state index in [1.807, 2.05) is 25.1 Å². The molecule has 1 aliphatic heterocycles. The van der Waals surface area contributed by atoms with E-state index >= 15 is 0 Å². The van der Waals surface area contributed by atoms with E-state index in [1.165, 1.54) is 0 Å². The van der Waals surface area contributed by atoms with E-state index in [0.717, 1.165) is 21.9 Å². The zero-order valence-electron chi connectivity index (χ0n) is 26.6. The fourth-order valence-corrected chi connectivity index (χ4v) is 6.87. The van der Waals surface area contributed by atoms with Gasteiger partial charge in [0.2, 0.25) is 17.8 Å². The quantitative estimate of drug-likeness (QED) is 0.189. The number of amides is 2. The number of ether oxygens (including phenoxy) is 1. The molecule has 256 valence electrons. The Balaban J connectivity index is 1.07. The molecular formula is C34H38F4N6O4. The largest absolute Gasteiger partial charge is 0.415 e. The van der Waals surface area contributed by atoms with Crippen LogP contribution in [-0.2, 0) is 20.9 Å². The molecular weight excluding hydrogens is 632 g/mol. The first kappa shape index (κ1) is 33.5. The van der Waals surface area contributed by atoms with Crippen molar-refractivity contribution in [2.24, 2.45) is 11.8 Å². The summed E-state index contributed by atoms with van der Waals surface area (Å²) in [5.41, 5.74) is 2.15. The van der Waals surface area contributed by atoms with E-state index in [0.29, 0.717) is 31.1 Å². The van der Waals surface area contributed by atoms with Gasteiger partial charge in [-0.15, -0.1) is 10.2 Å². The molecule has 1 atom stereocenters. The van der Waals surface area contributed by atoms with E-state index in [9.17, 15) is 31.9 Å². The number of hydrogen-bond donors (Lipinski definition) is 1. The predicted octanol–water partition coefficient (Wildman–Crippen LogP) is 6.13. The Bertz CT molecular complexity index is 1650. The second-order valence-electron chi connectivity index (χ2n) is 13.1. The number of aromatic nitrogens is 3. The van der Waals surface area contributed by atoms with Crippen molar-refractivity contribution >= 4 is 34.6 Å². The Morgan fingerprint density at radius 3 is 2.17 bits per heavy atom. The van der Waals surface area contributed by atoms with Gasteiger partial charge in [0.1, 0.15) is 5.69 Å². The summed E-state index contributed by atoms with van der Waals surface area (Å²) in [7, 11) is 0. The van der Waals surface area contributed by atoms with Gasteiger partial charge in [0.05, 0.1) is 5.92 Å². The smallest absolute Gasteiger partial charge is 0.376 e. The first-order valence-corrected chi connectivity index (χ1v) is 16.4. The van der Waals surface area contributed by atoms with Crippen LogP contribution in [0.25, 0.3) is 22.0 Å². The number of carbonyl (C=O) groups excluding carboxylic acids is 3. The molecule has 3 aliphatic rings. The van der Waals surface area contributed by atoms with Crippen molar-refractivity contribution in [1.29, 1.82) is 0 Å². The molecule has 1 aromatic carbocycles. The number of hydrogen-bond acceptors (Lipinski definition) is 8. The summed E-state index contributed by atoms with van der Waals surface area (Å²) in [6, 6.07) is 9.00. The number of nitrogens with zero attached hydrogens (tertiary/aromatic N) is 5. The van der Waals surface area contributed by atoms with Crippen LogP contribution in [0.3, 0.4) is 0 Å². The molecule has 0 radical (unpaired) electrons. The van der Waals surface area contributed by atoms with Crippen molar-refractivity contribution in [3.8, 4) is 11.3 Å². The molecule has 6 rings (SSSR count). The fraction of sp³-hybridized carbons (Fsp3) is 0.529. The standard InChI is InChI=1S/C34H38F4N6O4/c1-21-20-43(16-17-44(21)30(45)24-6-11-33(35,36)12-7-24)29-27-19-39-15-10-26(27)28(41-42-29)23-4-2-22(3-5-23)18-40-32(47)48-31(46)25-8-13-34(37,38)14-9-25/h2-5,10,15,19,21,24-25H,6-9,11-14,16-18,20H2,1H3,(H,40,47). The van der Waals surface area contributed by atoms with Gasteiger partial charge in [-0.2, -0.15) is 0 Å². The number of nitrogens with one attached hydrogen (secondary N) is 1. The summed E-state index contributed by atoms with van der Waals surface area (Å²) < 4.78 is 58.9. The highest BCUT2D eigenvalue weighted by Gasteiger charge is 2.41. The summed E-state index contributed by atoms with van der Waals surface area (Å²) in [5.74, 6) is -6.73. The molecule has 48 heavy (non-hydrogen) atoms. The minimum absolute atomic E-state index is 0.0141. The number of halogens is 4. The number of rotatable bonds is 6. The maximum atomic E-state index is 13.6. The highest BCUT2D eigenvalue weighted by molar-refractivity contribution is 5.99. The number of pyridine rings is 1. The van der Waals surface area contributed by atoms with Gasteiger partial charge < -0.3 is 19.9 Å². The molecule has 2 amide bonds. The molecule has 2 aliphatic carbocycles. The second-order valence-corrected chi connectivity index (χ2v) is 13.1. The van der Waals surface area contributed by atoms with Crippen molar-refractivity contribution in [2.75, 3.05) is 24.5 Å². The molecule has 0 spiro atoms. The van der Waals surface area contributed by atoms with Gasteiger partial charge in [-0.3, -0.25) is 14.6 Å². The number of carbonyl (C=O) groups is 3. The lowest BCUT2D eigenvalue weighted by Gasteiger charge is -2.42. The number of alkyl halides is 4. The number of piperazine rings is 1. The summed E-state index contributed by atoms with van der Waals surface area (Å²) in [5, 5.41) is 13.3. The number of esters is 1. The molecule has 3 fully saturated rings. The summed E-state index contributed by atoms with van der Waals surface area (Å²) in [4.78, 5) is 45.8. The normalized spacial score (nSPS) is 21.6. The van der Waals surface area contributed by atoms with Crippen molar-refractivity contribution in [1.82, 2.24) is 25.4 Å². The average molecular weight is 671 g/mol. The maximum absolute atomic E-state index is 13.6. The Morgan fingerprint density at radius 2 is 1.52 bits per heavy atom. The third kappa shape index (κ3) is 7.52. The van der Waals surface area contributed by atoms with Crippen LogP contribution in [-0.4, -0.2) is 75.6 Å². The summed E-state index contributed by atoms with van der Waals surface area (Å²) >= 11 is 0. The maximum Gasteiger partial charge on any atom is 0.415 e. The molecule has 10 nitrogen and oxygen atoms in total. The van der Waals surface area contributed by atoms with Crippen LogP contribution in [0.4, 0.5) is 28.2 Å². The Labute approximate surface area is 275 Å². The van der Waals surface area contributed by atoms with Gasteiger partial charge in [-0.05, 0) is 44.2 Å². The third-order valence-corrected chi connectivity index (χ3v) is 9.75. The number of fused-ring (bicyclic) bond motifs is 1. The molecule has 3 heterocycles. The van der Waals surface area contributed by atoms with Gasteiger partial charge in [-0.1, -0.05) is 24.3 Å². The van der Waals surface area contributed by atoms with Crippen LogP contribution in [0.1, 0.15) is 63.9 Å². The van der Waals surface area contributed by atoms with Crippen LogP contribution in [0, 0.1) is 11.8 Å². The average Bonchev–Trinajstić information content (AvgIpc) is 3.06. The Morgan fingerprint density at radius 1 is 0.875 bits per heavy atom. The molecule has 1 unspecified atom stereocenters. The monoisotopic (exact) mass is 670 g/mol. The van der Waals surface area contributed by atoms with Crippen molar-refractivity contribution in [3.05, 3.63) is 48.3 Å². The molecule has 0 bridgehead atoms. The Hall–Kier alpha value is -4.36. The van der Waals surface area contributed by atoms with Crippen molar-refractivity contribution < 1.29 is 36.7 Å². The minimum atomic E-state index is -2.78. The zero-order chi connectivity index (χ0) is 34.1. The van der Waals surface area contributed by atoms with Crippen molar-refractivity contribution in [3.63, 3.8) is 0 Å². The van der Waals surface area contributed by atoms with Gasteiger partial charge in [0.15, 0.2) is 5.82 Å². The van der Waals surface area contributed by atoms with E-state index in [-0.39, 0.29) is 62.9 Å². The zero-order valence-corrected chi connectivity index (χ0v) is 26.6. The topological polar surface area (TPSA) is 118 Å². The van der Waals surface area contributed by atoms with E-state index in [2.05, 4.69) is 25.4 Å². The van der Waals surface area contributed by atoms with Crippen LogP contribution < -0.4 is 10.2 Å². The third-order valence-electron chi connectivity index (χ3n) is 9.75. The summed E-state index contributed by atoms with van der Waals surface area (Å²) in [6.45, 7) is 3.53. The SMILES string of the molecule is CC1CN(c2nnc(-c3ccc(CNC(=O)OC(=O)C4CCC(F)(F)CC4)cc3)c3ccncc23)CCN1C(=O)C1CCC(F)(F)CC1. The van der Waals surface area contributed by atoms with Crippen LogP contribution >= 0.6 is 0 Å². The number of benzene rings is 1. The first-order chi connectivity index (χ1) is 22.9. The number of alkyl carbamates (subject to hydrolysis) is 1.